The summed E-state index contributed by atoms with van der Waals surface area (Å²) in [5.41, 5.74) is 0.798. The standard InChI is InChI=1S/C12H15NO4/c1-8(12(14)15-2)13-9-3-4-10-11(7-9)17-6-5-16-10/h3-4,7-8,13H,5-6H2,1-2H3. The van der Waals surface area contributed by atoms with Gasteiger partial charge in [-0.1, -0.05) is 0 Å². The number of carbonyl (C=O) groups is 1. The van der Waals surface area contributed by atoms with Gasteiger partial charge in [-0.3, -0.25) is 0 Å². The molecule has 0 saturated heterocycles. The van der Waals surface area contributed by atoms with Crippen molar-refractivity contribution in [1.29, 1.82) is 0 Å². The third kappa shape index (κ3) is 2.61. The molecule has 0 aromatic heterocycles. The SMILES string of the molecule is COC(=O)C(C)Nc1ccc2c(c1)OCCO2. The van der Waals surface area contributed by atoms with Crippen molar-refractivity contribution >= 4 is 11.7 Å². The molecule has 0 radical (unpaired) electrons. The third-order valence-electron chi connectivity index (χ3n) is 2.48. The fourth-order valence-electron chi connectivity index (χ4n) is 1.62. The maximum Gasteiger partial charge on any atom is 0.327 e. The number of fused-ring (bicyclic) bond motifs is 1. The molecule has 17 heavy (non-hydrogen) atoms. The zero-order valence-electron chi connectivity index (χ0n) is 9.86. The molecular formula is C12H15NO4. The summed E-state index contributed by atoms with van der Waals surface area (Å²) in [5, 5.41) is 3.03. The van der Waals surface area contributed by atoms with Crippen LogP contribution in [0.1, 0.15) is 6.92 Å². The van der Waals surface area contributed by atoms with Gasteiger partial charge >= 0.3 is 5.97 Å². The van der Waals surface area contributed by atoms with Crippen LogP contribution in [0.4, 0.5) is 5.69 Å². The number of esters is 1. The van der Waals surface area contributed by atoms with Gasteiger partial charge in [-0.05, 0) is 19.1 Å². The second kappa shape index (κ2) is 4.95. The van der Waals surface area contributed by atoms with Gasteiger partial charge in [0.05, 0.1) is 7.11 Å². The molecule has 92 valence electrons. The number of nitrogens with one attached hydrogen (secondary N) is 1. The lowest BCUT2D eigenvalue weighted by atomic mass is 10.2. The Hall–Kier alpha value is -1.91. The molecular weight excluding hydrogens is 222 g/mol. The lowest BCUT2D eigenvalue weighted by molar-refractivity contribution is -0.141. The summed E-state index contributed by atoms with van der Waals surface area (Å²) < 4.78 is 15.5. The summed E-state index contributed by atoms with van der Waals surface area (Å²) >= 11 is 0. The highest BCUT2D eigenvalue weighted by molar-refractivity contribution is 5.78. The number of carbonyl (C=O) groups excluding carboxylic acids is 1. The Bertz CT molecular complexity index is 419. The van der Waals surface area contributed by atoms with Crippen LogP contribution >= 0.6 is 0 Å². The average molecular weight is 237 g/mol. The van der Waals surface area contributed by atoms with Gasteiger partial charge in [-0.25, -0.2) is 4.79 Å². The van der Waals surface area contributed by atoms with Gasteiger partial charge in [0, 0.05) is 11.8 Å². The van der Waals surface area contributed by atoms with Gasteiger partial charge < -0.3 is 19.5 Å². The highest BCUT2D eigenvalue weighted by Gasteiger charge is 2.15. The first-order valence-corrected chi connectivity index (χ1v) is 5.44. The molecule has 5 heteroatoms. The van der Waals surface area contributed by atoms with E-state index in [9.17, 15) is 4.79 Å². The van der Waals surface area contributed by atoms with E-state index in [-0.39, 0.29) is 5.97 Å². The van der Waals surface area contributed by atoms with Crippen molar-refractivity contribution in [3.63, 3.8) is 0 Å². The first-order chi connectivity index (χ1) is 8.20. The van der Waals surface area contributed by atoms with Crippen molar-refractivity contribution in [1.82, 2.24) is 0 Å². The van der Waals surface area contributed by atoms with Crippen molar-refractivity contribution in [3.8, 4) is 11.5 Å². The number of rotatable bonds is 3. The normalized spacial score (nSPS) is 14.9. The molecule has 1 aromatic rings. The lowest BCUT2D eigenvalue weighted by Gasteiger charge is -2.20. The number of benzene rings is 1. The molecule has 5 nitrogen and oxygen atoms in total. The molecule has 0 bridgehead atoms. The number of ether oxygens (including phenoxy) is 3. The quantitative estimate of drug-likeness (QED) is 0.806. The van der Waals surface area contributed by atoms with Crippen molar-refractivity contribution < 1.29 is 19.0 Å². The van der Waals surface area contributed by atoms with E-state index in [0.29, 0.717) is 19.0 Å². The van der Waals surface area contributed by atoms with Crippen molar-refractivity contribution in [3.05, 3.63) is 18.2 Å². The molecule has 1 N–H and O–H groups in total. The van der Waals surface area contributed by atoms with Gasteiger partial charge in [0.25, 0.3) is 0 Å². The van der Waals surface area contributed by atoms with E-state index in [0.717, 1.165) is 11.4 Å². The van der Waals surface area contributed by atoms with Crippen LogP contribution in [0.5, 0.6) is 11.5 Å². The summed E-state index contributed by atoms with van der Waals surface area (Å²) in [7, 11) is 1.37. The van der Waals surface area contributed by atoms with Crippen LogP contribution in [0.25, 0.3) is 0 Å². The molecule has 2 rings (SSSR count). The van der Waals surface area contributed by atoms with Gasteiger partial charge in [-0.15, -0.1) is 0 Å². The Labute approximate surface area is 99.7 Å². The average Bonchev–Trinajstić information content (AvgIpc) is 2.37. The van der Waals surface area contributed by atoms with Crippen molar-refractivity contribution in [2.45, 2.75) is 13.0 Å². The molecule has 0 amide bonds. The topological polar surface area (TPSA) is 56.8 Å². The predicted molar refractivity (Wildman–Crippen MR) is 62.5 cm³/mol. The highest BCUT2D eigenvalue weighted by Crippen LogP contribution is 2.32. The maximum absolute atomic E-state index is 11.3. The van der Waals surface area contributed by atoms with Gasteiger partial charge in [0.15, 0.2) is 11.5 Å². The predicted octanol–water partition coefficient (Wildman–Crippen LogP) is 1.43. The van der Waals surface area contributed by atoms with Crippen LogP contribution in [0, 0.1) is 0 Å². The Balaban J connectivity index is 2.09. The van der Waals surface area contributed by atoms with E-state index < -0.39 is 6.04 Å². The highest BCUT2D eigenvalue weighted by atomic mass is 16.6. The minimum atomic E-state index is -0.400. The summed E-state index contributed by atoms with van der Waals surface area (Å²) in [5.74, 6) is 1.12. The first kappa shape index (κ1) is 11.6. The van der Waals surface area contributed by atoms with E-state index in [2.05, 4.69) is 10.1 Å². The van der Waals surface area contributed by atoms with Crippen LogP contribution in [0.2, 0.25) is 0 Å². The molecule has 1 aliphatic rings. The zero-order chi connectivity index (χ0) is 12.3. The van der Waals surface area contributed by atoms with Gasteiger partial charge in [0.1, 0.15) is 19.3 Å². The Morgan fingerprint density at radius 3 is 2.76 bits per heavy atom. The third-order valence-corrected chi connectivity index (χ3v) is 2.48. The molecule has 1 unspecified atom stereocenters. The monoisotopic (exact) mass is 237 g/mol. The van der Waals surface area contributed by atoms with Gasteiger partial charge in [-0.2, -0.15) is 0 Å². The summed E-state index contributed by atoms with van der Waals surface area (Å²) in [6, 6.07) is 5.07. The van der Waals surface area contributed by atoms with Gasteiger partial charge in [0.2, 0.25) is 0 Å². The van der Waals surface area contributed by atoms with Crippen LogP contribution in [0.3, 0.4) is 0 Å². The van der Waals surface area contributed by atoms with E-state index in [1.807, 2.05) is 18.2 Å². The molecule has 1 aromatic carbocycles. The van der Waals surface area contributed by atoms with E-state index in [1.54, 1.807) is 6.92 Å². The second-order valence-electron chi connectivity index (χ2n) is 3.75. The maximum atomic E-state index is 11.3. The van der Waals surface area contributed by atoms with Crippen LogP contribution in [-0.4, -0.2) is 32.3 Å². The fraction of sp³-hybridized carbons (Fsp3) is 0.417. The molecule has 1 heterocycles. The summed E-state index contributed by atoms with van der Waals surface area (Å²) in [6.45, 7) is 2.85. The van der Waals surface area contributed by atoms with Crippen molar-refractivity contribution in [2.24, 2.45) is 0 Å². The van der Waals surface area contributed by atoms with Crippen molar-refractivity contribution in [2.75, 3.05) is 25.6 Å². The molecule has 1 aliphatic heterocycles. The van der Waals surface area contributed by atoms with Crippen LogP contribution < -0.4 is 14.8 Å². The zero-order valence-corrected chi connectivity index (χ0v) is 9.86. The smallest absolute Gasteiger partial charge is 0.327 e. The number of anilines is 1. The number of hydrogen-bond acceptors (Lipinski definition) is 5. The lowest BCUT2D eigenvalue weighted by Crippen LogP contribution is -2.27. The van der Waals surface area contributed by atoms with Crippen LogP contribution in [-0.2, 0) is 9.53 Å². The summed E-state index contributed by atoms with van der Waals surface area (Å²) in [4.78, 5) is 11.3. The number of methoxy groups -OCH3 is 1. The van der Waals surface area contributed by atoms with E-state index in [1.165, 1.54) is 7.11 Å². The fourth-order valence-corrected chi connectivity index (χ4v) is 1.62. The Morgan fingerprint density at radius 2 is 2.06 bits per heavy atom. The number of hydrogen-bond donors (Lipinski definition) is 1. The minimum Gasteiger partial charge on any atom is -0.486 e. The minimum absolute atomic E-state index is 0.306. The largest absolute Gasteiger partial charge is 0.486 e. The Morgan fingerprint density at radius 1 is 1.35 bits per heavy atom. The molecule has 0 saturated carbocycles. The second-order valence-corrected chi connectivity index (χ2v) is 3.75. The van der Waals surface area contributed by atoms with E-state index in [4.69, 9.17) is 9.47 Å². The summed E-state index contributed by atoms with van der Waals surface area (Å²) in [6.07, 6.45) is 0. The molecule has 0 aliphatic carbocycles. The van der Waals surface area contributed by atoms with E-state index >= 15 is 0 Å². The first-order valence-electron chi connectivity index (χ1n) is 5.44. The molecule has 1 atom stereocenters. The molecule has 0 fully saturated rings. The molecule has 0 spiro atoms. The van der Waals surface area contributed by atoms with Crippen LogP contribution in [0.15, 0.2) is 18.2 Å². The Kier molecular flexibility index (Phi) is 3.37.